The summed E-state index contributed by atoms with van der Waals surface area (Å²) in [6.45, 7) is 9.63. The summed E-state index contributed by atoms with van der Waals surface area (Å²) in [5.41, 5.74) is 3.87. The van der Waals surface area contributed by atoms with Gasteiger partial charge in [0.1, 0.15) is 6.61 Å². The fraction of sp³-hybridized carbons (Fsp3) is 0.431. The number of aromatic nitrogens is 6. The fourth-order valence-corrected chi connectivity index (χ4v) is 11.6. The Morgan fingerprint density at radius 2 is 0.951 bits per heavy atom. The van der Waals surface area contributed by atoms with E-state index < -0.39 is 24.5 Å². The number of aliphatic hydroxyl groups excluding tert-OH is 1. The third kappa shape index (κ3) is 11.3. The van der Waals surface area contributed by atoms with Crippen molar-refractivity contribution in [3.63, 3.8) is 0 Å². The van der Waals surface area contributed by atoms with Gasteiger partial charge in [0, 0.05) is 48.3 Å². The molecule has 6 aliphatic heterocycles. The second-order valence-electron chi connectivity index (χ2n) is 21.3. The zero-order valence-corrected chi connectivity index (χ0v) is 45.6. The lowest BCUT2D eigenvalue weighted by atomic mass is 10.1. The van der Waals surface area contributed by atoms with Crippen molar-refractivity contribution in [1.82, 2.24) is 29.9 Å². The SMILES string of the molecule is COCc1ccc(NC(=O)N(c2ccc(-c3nc(N4CCOCC4C)nc(N4C5CCC4COC5)n3)cc2)N(C(=O)Nc2ccc(C(=O)CO)cc2)c2ccc(-c3nc(N4CCOCC4C)nc(N4C5CCC4COC5)n3)cc2)cc1. The van der Waals surface area contributed by atoms with Gasteiger partial charge in [0.2, 0.25) is 23.8 Å². The maximum absolute atomic E-state index is 15.3. The van der Waals surface area contributed by atoms with Gasteiger partial charge in [0.25, 0.3) is 0 Å². The molecule has 4 bridgehead atoms. The van der Waals surface area contributed by atoms with Crippen molar-refractivity contribution in [3.8, 4) is 22.8 Å². The Morgan fingerprint density at radius 1 is 0.543 bits per heavy atom. The van der Waals surface area contributed by atoms with Crippen LogP contribution in [-0.4, -0.2) is 169 Å². The number of benzene rings is 4. The minimum atomic E-state index is -0.723. The molecule has 6 unspecified atom stereocenters. The first-order chi connectivity index (χ1) is 39.6. The average Bonchev–Trinajstić information content (AvgIpc) is 4.13. The second-order valence-corrected chi connectivity index (χ2v) is 21.3. The van der Waals surface area contributed by atoms with Crippen LogP contribution in [0.25, 0.3) is 22.8 Å². The van der Waals surface area contributed by atoms with Crippen molar-refractivity contribution in [1.29, 1.82) is 0 Å². The molecule has 12 rings (SSSR count). The number of fused-ring (bicyclic) bond motifs is 4. The summed E-state index contributed by atoms with van der Waals surface area (Å²) in [4.78, 5) is 82.4. The van der Waals surface area contributed by atoms with Crippen LogP contribution >= 0.6 is 0 Å². The number of morpholine rings is 4. The highest BCUT2D eigenvalue weighted by molar-refractivity contribution is 6.13. The molecule has 3 N–H and O–H groups in total. The number of Topliss-reactive ketones (excluding diaryl/α,β-unsaturated/α-hetero) is 1. The number of methoxy groups -OCH3 is 1. The highest BCUT2D eigenvalue weighted by atomic mass is 16.5. The maximum Gasteiger partial charge on any atom is 0.345 e. The average molecular weight is 1100 g/mol. The third-order valence-corrected chi connectivity index (χ3v) is 15.9. The molecular weight excluding hydrogens is 1040 g/mol. The van der Waals surface area contributed by atoms with E-state index in [0.717, 1.165) is 31.2 Å². The largest absolute Gasteiger partial charge is 0.388 e. The lowest BCUT2D eigenvalue weighted by molar-refractivity contribution is 0.0895. The van der Waals surface area contributed by atoms with Crippen LogP contribution in [-0.2, 0) is 30.3 Å². The van der Waals surface area contributed by atoms with Crippen molar-refractivity contribution in [3.05, 3.63) is 108 Å². The summed E-state index contributed by atoms with van der Waals surface area (Å²) in [5, 5.41) is 18.1. The van der Waals surface area contributed by atoms with Gasteiger partial charge >= 0.3 is 12.1 Å². The smallest absolute Gasteiger partial charge is 0.345 e. The molecule has 6 fully saturated rings. The number of anilines is 8. The number of rotatable bonds is 14. The van der Waals surface area contributed by atoms with Crippen LogP contribution in [0.15, 0.2) is 97.1 Å². The Kier molecular flexibility index (Phi) is 15.7. The van der Waals surface area contributed by atoms with Gasteiger partial charge in [-0.25, -0.2) is 9.59 Å². The summed E-state index contributed by atoms with van der Waals surface area (Å²) in [6.07, 6.45) is 3.90. The van der Waals surface area contributed by atoms with E-state index in [-0.39, 0.29) is 41.8 Å². The third-order valence-electron chi connectivity index (χ3n) is 15.9. The first-order valence-electron chi connectivity index (χ1n) is 27.8. The first-order valence-corrected chi connectivity index (χ1v) is 27.8. The lowest BCUT2D eigenvalue weighted by Crippen LogP contribution is -2.53. The quantitative estimate of drug-likeness (QED) is 0.0770. The van der Waals surface area contributed by atoms with E-state index in [0.29, 0.717) is 142 Å². The van der Waals surface area contributed by atoms with E-state index in [4.69, 9.17) is 53.6 Å². The number of aliphatic hydroxyl groups is 1. The van der Waals surface area contributed by atoms with Gasteiger partial charge in [0.15, 0.2) is 17.4 Å². The standard InChI is InChI=1S/C58H66N14O9/c1-36-29-78-26-24-67(36)53-61-51(63-55(65-53)69-46-20-21-47(69)33-80-32-46)40-8-16-44(17-9-40)71(57(75)59-42-12-4-38(5-13-42)31-77-3)72(58(76)60-43-14-6-39(7-15-43)50(74)28-73)45-18-10-41(11-19-45)52-62-54(68-25-27-79-30-37(68)2)66-56(64-52)70-48-22-23-49(70)35-81-34-48/h4-19,36-37,46-49,73H,20-35H2,1-3H3,(H,59,75)(H,60,76). The Morgan fingerprint density at radius 3 is 1.35 bits per heavy atom. The number of urea groups is 2. The molecule has 0 radical (unpaired) electrons. The molecule has 6 atom stereocenters. The number of carbonyl (C=O) groups excluding carboxylic acids is 3. The molecule has 81 heavy (non-hydrogen) atoms. The molecule has 0 spiro atoms. The van der Waals surface area contributed by atoms with Crippen LogP contribution in [0, 0.1) is 0 Å². The molecule has 2 aromatic heterocycles. The zero-order valence-electron chi connectivity index (χ0n) is 45.6. The molecule has 0 saturated carbocycles. The summed E-state index contributed by atoms with van der Waals surface area (Å²) in [7, 11) is 1.61. The monoisotopic (exact) mass is 1100 g/mol. The van der Waals surface area contributed by atoms with Crippen LogP contribution in [0.1, 0.15) is 55.5 Å². The normalized spacial score (nSPS) is 22.4. The molecule has 23 heteroatoms. The Balaban J connectivity index is 0.947. The number of hydrogen-bond donors (Lipinski definition) is 3. The fourth-order valence-electron chi connectivity index (χ4n) is 11.6. The summed E-state index contributed by atoms with van der Waals surface area (Å²) >= 11 is 0. The zero-order chi connectivity index (χ0) is 55.6. The maximum atomic E-state index is 15.3. The number of hydrogen-bond acceptors (Lipinski definition) is 19. The van der Waals surface area contributed by atoms with Gasteiger partial charge in [-0.1, -0.05) is 12.1 Å². The van der Waals surface area contributed by atoms with Gasteiger partial charge in [-0.15, -0.1) is 0 Å². The number of nitrogens with zero attached hydrogens (tertiary/aromatic N) is 12. The highest BCUT2D eigenvalue weighted by Crippen LogP contribution is 2.37. The molecular formula is C58H66N14O9. The van der Waals surface area contributed by atoms with E-state index in [1.54, 1.807) is 55.6 Å². The highest BCUT2D eigenvalue weighted by Gasteiger charge is 2.42. The number of hydrazine groups is 1. The number of amides is 4. The van der Waals surface area contributed by atoms with E-state index >= 15 is 9.59 Å². The Bertz CT molecular complexity index is 3180. The van der Waals surface area contributed by atoms with E-state index in [1.807, 2.05) is 36.4 Å². The second kappa shape index (κ2) is 23.6. The Hall–Kier alpha value is -7.93. The van der Waals surface area contributed by atoms with Gasteiger partial charge in [-0.3, -0.25) is 4.79 Å². The van der Waals surface area contributed by atoms with E-state index in [9.17, 15) is 9.90 Å². The molecule has 4 amide bonds. The first kappa shape index (κ1) is 53.7. The number of carbonyl (C=O) groups is 3. The molecule has 23 nitrogen and oxygen atoms in total. The van der Waals surface area contributed by atoms with Crippen molar-refractivity contribution in [2.45, 2.75) is 82.4 Å². The van der Waals surface area contributed by atoms with Crippen LogP contribution in [0.5, 0.6) is 0 Å². The molecule has 422 valence electrons. The minimum absolute atomic E-state index is 0.0230. The summed E-state index contributed by atoms with van der Waals surface area (Å²) < 4.78 is 28.8. The number of ketones is 1. The Labute approximate surface area is 469 Å². The number of ether oxygens (including phenoxy) is 5. The van der Waals surface area contributed by atoms with Crippen molar-refractivity contribution >= 4 is 64.4 Å². The topological polar surface area (TPSA) is 238 Å². The molecule has 6 aliphatic rings. The molecule has 6 aromatic rings. The molecule has 0 aliphatic carbocycles. The molecule has 4 aromatic carbocycles. The van der Waals surface area contributed by atoms with Gasteiger partial charge in [-0.05, 0) is 130 Å². The van der Waals surface area contributed by atoms with Gasteiger partial charge < -0.3 is 59.0 Å². The predicted molar refractivity (Wildman–Crippen MR) is 304 cm³/mol. The molecule has 8 heterocycles. The summed E-state index contributed by atoms with van der Waals surface area (Å²) in [5.74, 6) is 2.67. The van der Waals surface area contributed by atoms with Crippen molar-refractivity contribution in [2.24, 2.45) is 0 Å². The number of nitrogens with one attached hydrogen (secondary N) is 2. The molecule has 6 saturated heterocycles. The van der Waals surface area contributed by atoms with Crippen LogP contribution < -0.4 is 40.3 Å². The van der Waals surface area contributed by atoms with Crippen LogP contribution in [0.3, 0.4) is 0 Å². The minimum Gasteiger partial charge on any atom is -0.388 e. The van der Waals surface area contributed by atoms with E-state index in [1.165, 1.54) is 22.2 Å². The van der Waals surface area contributed by atoms with Crippen molar-refractivity contribution in [2.75, 3.05) is 120 Å². The summed E-state index contributed by atoms with van der Waals surface area (Å²) in [6, 6.07) is 26.9. The van der Waals surface area contributed by atoms with Crippen molar-refractivity contribution < 1.29 is 43.2 Å². The van der Waals surface area contributed by atoms with E-state index in [2.05, 4.69) is 44.1 Å². The lowest BCUT2D eigenvalue weighted by Gasteiger charge is -2.37. The van der Waals surface area contributed by atoms with Crippen LogP contribution in [0.4, 0.5) is 56.1 Å². The predicted octanol–water partition coefficient (Wildman–Crippen LogP) is 6.59. The van der Waals surface area contributed by atoms with Gasteiger partial charge in [0.05, 0.1) is 107 Å². The van der Waals surface area contributed by atoms with Crippen LogP contribution in [0.2, 0.25) is 0 Å². The van der Waals surface area contributed by atoms with Gasteiger partial charge in [-0.2, -0.15) is 39.9 Å².